The largest absolute Gasteiger partial charge is 0.401 e. The van der Waals surface area contributed by atoms with Crippen LogP contribution in [0.2, 0.25) is 0 Å². The van der Waals surface area contributed by atoms with Crippen LogP contribution in [0.15, 0.2) is 42.5 Å². The van der Waals surface area contributed by atoms with Crippen LogP contribution in [0.4, 0.5) is 4.39 Å². The van der Waals surface area contributed by atoms with Crippen LogP contribution in [-0.4, -0.2) is 0 Å². The summed E-state index contributed by atoms with van der Waals surface area (Å²) in [5.41, 5.74) is 8.61. The first kappa shape index (κ1) is 14.3. The molecular formula is C18H20FN. The van der Waals surface area contributed by atoms with Crippen molar-refractivity contribution in [2.45, 2.75) is 26.7 Å². The minimum absolute atomic E-state index is 0.145. The molecule has 0 saturated heterocycles. The van der Waals surface area contributed by atoms with Gasteiger partial charge < -0.3 is 5.73 Å². The van der Waals surface area contributed by atoms with Crippen molar-refractivity contribution < 1.29 is 4.39 Å². The first-order valence-corrected chi connectivity index (χ1v) is 6.93. The van der Waals surface area contributed by atoms with Gasteiger partial charge >= 0.3 is 0 Å². The molecule has 0 aliphatic carbocycles. The van der Waals surface area contributed by atoms with Crippen LogP contribution >= 0.6 is 0 Å². The summed E-state index contributed by atoms with van der Waals surface area (Å²) in [6.45, 7) is 3.94. The Morgan fingerprint density at radius 1 is 1.20 bits per heavy atom. The summed E-state index contributed by atoms with van der Waals surface area (Å²) >= 11 is 0. The van der Waals surface area contributed by atoms with E-state index in [-0.39, 0.29) is 5.82 Å². The van der Waals surface area contributed by atoms with Crippen molar-refractivity contribution in [2.75, 3.05) is 0 Å². The molecule has 1 nitrogen and oxygen atoms in total. The van der Waals surface area contributed by atoms with Crippen LogP contribution in [0, 0.1) is 5.82 Å². The van der Waals surface area contributed by atoms with Crippen LogP contribution in [0.1, 0.15) is 25.0 Å². The van der Waals surface area contributed by atoms with Gasteiger partial charge in [0.25, 0.3) is 0 Å². The van der Waals surface area contributed by atoms with E-state index in [4.69, 9.17) is 5.73 Å². The first-order valence-electron chi connectivity index (χ1n) is 6.93. The summed E-state index contributed by atoms with van der Waals surface area (Å²) in [7, 11) is 0. The fraction of sp³-hybridized carbons (Fsp3) is 0.222. The predicted octanol–water partition coefficient (Wildman–Crippen LogP) is 2.50. The second-order valence-electron chi connectivity index (χ2n) is 4.86. The highest BCUT2D eigenvalue weighted by atomic mass is 19.1. The van der Waals surface area contributed by atoms with E-state index in [0.717, 1.165) is 27.3 Å². The highest BCUT2D eigenvalue weighted by molar-refractivity contribution is 5.47. The number of aryl methyl sites for hydroxylation is 1. The summed E-state index contributed by atoms with van der Waals surface area (Å²) in [5.74, 6) is -0.145. The number of nitrogens with two attached hydrogens (primary N) is 1. The van der Waals surface area contributed by atoms with Crippen molar-refractivity contribution in [2.24, 2.45) is 5.73 Å². The molecule has 2 rings (SSSR count). The molecule has 0 bridgehead atoms. The Morgan fingerprint density at radius 2 is 1.95 bits per heavy atom. The van der Waals surface area contributed by atoms with E-state index in [1.54, 1.807) is 6.07 Å². The van der Waals surface area contributed by atoms with Gasteiger partial charge in [0.15, 0.2) is 0 Å². The topological polar surface area (TPSA) is 26.0 Å². The second-order valence-corrected chi connectivity index (χ2v) is 4.86. The van der Waals surface area contributed by atoms with E-state index in [0.29, 0.717) is 12.8 Å². The fourth-order valence-electron chi connectivity index (χ4n) is 2.34. The zero-order valence-corrected chi connectivity index (χ0v) is 12.0. The average molecular weight is 269 g/mol. The molecule has 0 amide bonds. The van der Waals surface area contributed by atoms with Gasteiger partial charge in [-0.3, -0.25) is 0 Å². The molecule has 0 aromatic heterocycles. The first-order chi connectivity index (χ1) is 9.65. The van der Waals surface area contributed by atoms with Crippen LogP contribution in [0.3, 0.4) is 0 Å². The molecule has 104 valence electrons. The smallest absolute Gasteiger partial charge is 0.126 e. The van der Waals surface area contributed by atoms with Crippen molar-refractivity contribution in [1.29, 1.82) is 0 Å². The maximum absolute atomic E-state index is 13.8. The zero-order chi connectivity index (χ0) is 14.5. The minimum atomic E-state index is -0.145. The standard InChI is InChI=1S/C18H20FN/c1-3-14-7-5-6-8-16(14)18(20)12-13-9-10-15(4-2)17(19)11-13/h3,5-11H,4,12,20H2,1-2H3/b14-3-,18-16-. The van der Waals surface area contributed by atoms with Crippen LogP contribution < -0.4 is 16.2 Å². The van der Waals surface area contributed by atoms with Crippen LogP contribution in [-0.2, 0) is 12.8 Å². The van der Waals surface area contributed by atoms with Crippen LogP contribution in [0.5, 0.6) is 0 Å². The third kappa shape index (κ3) is 3.08. The molecule has 2 aromatic carbocycles. The molecule has 2 N–H and O–H groups in total. The molecule has 2 heteroatoms. The van der Waals surface area contributed by atoms with Crippen molar-refractivity contribution in [3.8, 4) is 0 Å². The Kier molecular flexibility index (Phi) is 4.57. The number of hydrogen-bond donors (Lipinski definition) is 1. The van der Waals surface area contributed by atoms with Gasteiger partial charge in [-0.2, -0.15) is 0 Å². The van der Waals surface area contributed by atoms with Gasteiger partial charge in [0.05, 0.1) is 0 Å². The SMILES string of the molecule is C/C=c1/cccc/c1=C(/N)Cc1ccc(CC)c(F)c1. The molecule has 0 atom stereocenters. The lowest BCUT2D eigenvalue weighted by Gasteiger charge is -2.06. The van der Waals surface area contributed by atoms with Crippen molar-refractivity contribution in [3.05, 3.63) is 69.8 Å². The molecule has 0 aliphatic heterocycles. The molecule has 0 heterocycles. The van der Waals surface area contributed by atoms with E-state index in [1.165, 1.54) is 0 Å². The Morgan fingerprint density at radius 3 is 2.60 bits per heavy atom. The molecule has 20 heavy (non-hydrogen) atoms. The molecule has 0 aliphatic rings. The fourth-order valence-corrected chi connectivity index (χ4v) is 2.34. The molecule has 0 unspecified atom stereocenters. The Bertz CT molecular complexity index is 716. The van der Waals surface area contributed by atoms with Gasteiger partial charge in [-0.1, -0.05) is 49.4 Å². The van der Waals surface area contributed by atoms with Crippen molar-refractivity contribution >= 4 is 11.8 Å². The van der Waals surface area contributed by atoms with Gasteiger partial charge in [0.2, 0.25) is 0 Å². The highest BCUT2D eigenvalue weighted by Crippen LogP contribution is 2.12. The highest BCUT2D eigenvalue weighted by Gasteiger charge is 2.03. The van der Waals surface area contributed by atoms with Gasteiger partial charge in [0.1, 0.15) is 5.82 Å². The molecular weight excluding hydrogens is 249 g/mol. The number of halogens is 1. The maximum Gasteiger partial charge on any atom is 0.126 e. The zero-order valence-electron chi connectivity index (χ0n) is 12.0. The Labute approximate surface area is 119 Å². The van der Waals surface area contributed by atoms with Crippen molar-refractivity contribution in [1.82, 2.24) is 0 Å². The minimum Gasteiger partial charge on any atom is -0.401 e. The third-order valence-corrected chi connectivity index (χ3v) is 3.51. The van der Waals surface area contributed by atoms with E-state index < -0.39 is 0 Å². The van der Waals surface area contributed by atoms with Gasteiger partial charge in [0, 0.05) is 17.3 Å². The Hall–Kier alpha value is -2.09. The number of hydrogen-bond acceptors (Lipinski definition) is 1. The lowest BCUT2D eigenvalue weighted by molar-refractivity contribution is 0.610. The second kappa shape index (κ2) is 6.38. The molecule has 2 aromatic rings. The summed E-state index contributed by atoms with van der Waals surface area (Å²) < 4.78 is 13.8. The molecule has 0 fully saturated rings. The summed E-state index contributed by atoms with van der Waals surface area (Å²) in [6.07, 6.45) is 3.30. The number of rotatable bonds is 3. The summed E-state index contributed by atoms with van der Waals surface area (Å²) in [4.78, 5) is 0. The van der Waals surface area contributed by atoms with Gasteiger partial charge in [-0.25, -0.2) is 4.39 Å². The lowest BCUT2D eigenvalue weighted by Crippen LogP contribution is -2.29. The predicted molar refractivity (Wildman–Crippen MR) is 82.9 cm³/mol. The van der Waals surface area contributed by atoms with E-state index in [9.17, 15) is 4.39 Å². The van der Waals surface area contributed by atoms with E-state index in [2.05, 4.69) is 0 Å². The molecule has 0 spiro atoms. The van der Waals surface area contributed by atoms with E-state index >= 15 is 0 Å². The molecule has 0 saturated carbocycles. The maximum atomic E-state index is 13.8. The van der Waals surface area contributed by atoms with E-state index in [1.807, 2.05) is 56.3 Å². The lowest BCUT2D eigenvalue weighted by atomic mass is 10.0. The van der Waals surface area contributed by atoms with Gasteiger partial charge in [-0.05, 0) is 35.8 Å². The third-order valence-electron chi connectivity index (χ3n) is 3.51. The summed E-state index contributed by atoms with van der Waals surface area (Å²) in [6, 6.07) is 13.4. The van der Waals surface area contributed by atoms with Gasteiger partial charge in [-0.15, -0.1) is 0 Å². The van der Waals surface area contributed by atoms with Crippen LogP contribution in [0.25, 0.3) is 11.8 Å². The molecule has 0 radical (unpaired) electrons. The normalized spacial score (nSPS) is 13.4. The van der Waals surface area contributed by atoms with Crippen molar-refractivity contribution in [3.63, 3.8) is 0 Å². The quantitative estimate of drug-likeness (QED) is 0.910. The Balaban J connectivity index is 2.41. The summed E-state index contributed by atoms with van der Waals surface area (Å²) in [5, 5.41) is 2.13. The monoisotopic (exact) mass is 269 g/mol. The number of benzene rings is 2. The average Bonchev–Trinajstić information content (AvgIpc) is 2.47.